The third-order valence-corrected chi connectivity index (χ3v) is 4.83. The Morgan fingerprint density at radius 2 is 1.46 bits per heavy atom. The average Bonchev–Trinajstić information content (AvgIpc) is 2.05. The van der Waals surface area contributed by atoms with Crippen LogP contribution in [0.1, 0.15) is 54.4 Å². The molecule has 13 heavy (non-hydrogen) atoms. The summed E-state index contributed by atoms with van der Waals surface area (Å²) in [4.78, 5) is 0. The molecule has 1 rings (SSSR count). The van der Waals surface area contributed by atoms with Crippen LogP contribution in [0, 0.1) is 29.1 Å². The van der Waals surface area contributed by atoms with E-state index in [1.54, 1.807) is 0 Å². The minimum atomic E-state index is 0.532. The first kappa shape index (κ1) is 11.1. The lowest BCUT2D eigenvalue weighted by Gasteiger charge is -2.38. The molecule has 0 heterocycles. The fraction of sp³-hybridized carbons (Fsp3) is 1.00. The molecule has 0 radical (unpaired) electrons. The fourth-order valence-corrected chi connectivity index (χ4v) is 3.02. The van der Waals surface area contributed by atoms with E-state index in [4.69, 9.17) is 0 Å². The van der Waals surface area contributed by atoms with Gasteiger partial charge < -0.3 is 0 Å². The van der Waals surface area contributed by atoms with Crippen LogP contribution in [0.15, 0.2) is 0 Å². The summed E-state index contributed by atoms with van der Waals surface area (Å²) in [6.07, 6.45) is 2.84. The molecule has 4 unspecified atom stereocenters. The van der Waals surface area contributed by atoms with E-state index >= 15 is 0 Å². The second-order valence-corrected chi connectivity index (χ2v) is 6.06. The number of hydrogen-bond donors (Lipinski definition) is 0. The Morgan fingerprint density at radius 1 is 0.923 bits per heavy atom. The molecule has 0 saturated heterocycles. The summed E-state index contributed by atoms with van der Waals surface area (Å²) >= 11 is 0. The molecule has 0 aliphatic heterocycles. The zero-order chi connectivity index (χ0) is 10.2. The highest BCUT2D eigenvalue weighted by molar-refractivity contribution is 4.88. The molecule has 1 fully saturated rings. The third kappa shape index (κ3) is 2.08. The molecule has 0 aromatic carbocycles. The maximum Gasteiger partial charge on any atom is -0.0300 e. The van der Waals surface area contributed by atoms with Crippen LogP contribution < -0.4 is 0 Å². The number of rotatable bonds is 0. The van der Waals surface area contributed by atoms with E-state index in [2.05, 4.69) is 41.5 Å². The summed E-state index contributed by atoms with van der Waals surface area (Å²) in [5.41, 5.74) is 0.532. The highest BCUT2D eigenvalue weighted by Crippen LogP contribution is 2.46. The molecule has 1 saturated carbocycles. The van der Waals surface area contributed by atoms with Crippen molar-refractivity contribution < 1.29 is 0 Å². The van der Waals surface area contributed by atoms with Crippen molar-refractivity contribution in [2.24, 2.45) is 29.1 Å². The summed E-state index contributed by atoms with van der Waals surface area (Å²) in [5, 5.41) is 0. The van der Waals surface area contributed by atoms with Crippen molar-refractivity contribution in [3.63, 3.8) is 0 Å². The molecule has 1 aliphatic carbocycles. The van der Waals surface area contributed by atoms with E-state index in [1.807, 2.05) is 0 Å². The van der Waals surface area contributed by atoms with Gasteiger partial charge in [-0.05, 0) is 41.9 Å². The monoisotopic (exact) mass is 182 g/mol. The molecule has 78 valence electrons. The average molecular weight is 182 g/mol. The van der Waals surface area contributed by atoms with Crippen LogP contribution >= 0.6 is 0 Å². The van der Waals surface area contributed by atoms with E-state index in [9.17, 15) is 0 Å². The standard InChI is InChI=1S/C13H26/c1-9-7-10(2)12(4)13(5,6)11(3)8-9/h9-12H,7-8H2,1-6H3. The molecule has 0 bridgehead atoms. The molecule has 1 aliphatic rings. The van der Waals surface area contributed by atoms with Crippen LogP contribution in [-0.4, -0.2) is 0 Å². The molecular weight excluding hydrogens is 156 g/mol. The summed E-state index contributed by atoms with van der Waals surface area (Å²) in [6.45, 7) is 14.6. The Hall–Kier alpha value is 0. The highest BCUT2D eigenvalue weighted by atomic mass is 14.4. The molecule has 0 spiro atoms. The first-order chi connectivity index (χ1) is 5.85. The van der Waals surface area contributed by atoms with Gasteiger partial charge in [-0.1, -0.05) is 41.5 Å². The quantitative estimate of drug-likeness (QED) is 0.489. The molecule has 0 amide bonds. The van der Waals surface area contributed by atoms with Crippen molar-refractivity contribution in [2.75, 3.05) is 0 Å². The first-order valence-electron chi connectivity index (χ1n) is 5.85. The second-order valence-electron chi connectivity index (χ2n) is 6.06. The SMILES string of the molecule is CC1CC(C)C(C)C(C)(C)C(C)C1. The van der Waals surface area contributed by atoms with Crippen molar-refractivity contribution in [3.05, 3.63) is 0 Å². The van der Waals surface area contributed by atoms with Gasteiger partial charge in [-0.15, -0.1) is 0 Å². The highest BCUT2D eigenvalue weighted by Gasteiger charge is 2.38. The maximum atomic E-state index is 2.46. The molecule has 0 heteroatoms. The van der Waals surface area contributed by atoms with Gasteiger partial charge in [0.1, 0.15) is 0 Å². The van der Waals surface area contributed by atoms with Gasteiger partial charge >= 0.3 is 0 Å². The Labute approximate surface area is 84.1 Å². The van der Waals surface area contributed by atoms with Crippen molar-refractivity contribution in [3.8, 4) is 0 Å². The topological polar surface area (TPSA) is 0 Å². The summed E-state index contributed by atoms with van der Waals surface area (Å²) in [5.74, 6) is 3.57. The lowest BCUT2D eigenvalue weighted by atomic mass is 9.67. The zero-order valence-corrected chi connectivity index (χ0v) is 10.2. The van der Waals surface area contributed by atoms with Gasteiger partial charge in [-0.2, -0.15) is 0 Å². The fourth-order valence-electron chi connectivity index (χ4n) is 3.02. The minimum Gasteiger partial charge on any atom is -0.0625 e. The number of hydrogen-bond acceptors (Lipinski definition) is 0. The van der Waals surface area contributed by atoms with E-state index < -0.39 is 0 Å². The Kier molecular flexibility index (Phi) is 3.09. The van der Waals surface area contributed by atoms with Crippen LogP contribution in [0.25, 0.3) is 0 Å². The minimum absolute atomic E-state index is 0.532. The van der Waals surface area contributed by atoms with E-state index in [0.717, 1.165) is 23.7 Å². The normalized spacial score (nSPS) is 45.7. The van der Waals surface area contributed by atoms with E-state index in [-0.39, 0.29) is 0 Å². The zero-order valence-electron chi connectivity index (χ0n) is 10.2. The predicted molar refractivity (Wildman–Crippen MR) is 59.7 cm³/mol. The van der Waals surface area contributed by atoms with E-state index in [0.29, 0.717) is 5.41 Å². The van der Waals surface area contributed by atoms with Crippen LogP contribution in [-0.2, 0) is 0 Å². The summed E-state index contributed by atoms with van der Waals surface area (Å²) in [6, 6.07) is 0. The second kappa shape index (κ2) is 3.63. The van der Waals surface area contributed by atoms with Crippen LogP contribution in [0.5, 0.6) is 0 Å². The van der Waals surface area contributed by atoms with Crippen molar-refractivity contribution in [1.29, 1.82) is 0 Å². The van der Waals surface area contributed by atoms with Crippen molar-refractivity contribution >= 4 is 0 Å². The van der Waals surface area contributed by atoms with Gasteiger partial charge in [0.15, 0.2) is 0 Å². The van der Waals surface area contributed by atoms with Gasteiger partial charge in [0.2, 0.25) is 0 Å². The molecular formula is C13H26. The van der Waals surface area contributed by atoms with Crippen LogP contribution in [0.4, 0.5) is 0 Å². The van der Waals surface area contributed by atoms with Gasteiger partial charge in [0.05, 0.1) is 0 Å². The smallest absolute Gasteiger partial charge is 0.0300 e. The molecule has 4 atom stereocenters. The van der Waals surface area contributed by atoms with Gasteiger partial charge in [-0.3, -0.25) is 0 Å². The van der Waals surface area contributed by atoms with Crippen molar-refractivity contribution in [1.82, 2.24) is 0 Å². The van der Waals surface area contributed by atoms with E-state index in [1.165, 1.54) is 12.8 Å². The van der Waals surface area contributed by atoms with Crippen molar-refractivity contribution in [2.45, 2.75) is 54.4 Å². The summed E-state index contributed by atoms with van der Waals surface area (Å²) in [7, 11) is 0. The Morgan fingerprint density at radius 3 is 2.00 bits per heavy atom. The predicted octanol–water partition coefficient (Wildman–Crippen LogP) is 4.35. The molecule has 0 nitrogen and oxygen atoms in total. The maximum absolute atomic E-state index is 2.46. The molecule has 0 N–H and O–H groups in total. The lowest BCUT2D eigenvalue weighted by Crippen LogP contribution is -2.30. The first-order valence-corrected chi connectivity index (χ1v) is 5.85. The Balaban J connectivity index is 2.84. The molecule has 0 aromatic rings. The lowest BCUT2D eigenvalue weighted by molar-refractivity contribution is 0.111. The Bertz CT molecular complexity index is 169. The van der Waals surface area contributed by atoms with Gasteiger partial charge in [0, 0.05) is 0 Å². The van der Waals surface area contributed by atoms with Crippen LogP contribution in [0.3, 0.4) is 0 Å². The largest absolute Gasteiger partial charge is 0.0625 e. The van der Waals surface area contributed by atoms with Crippen LogP contribution in [0.2, 0.25) is 0 Å². The third-order valence-electron chi connectivity index (χ3n) is 4.83. The van der Waals surface area contributed by atoms with Gasteiger partial charge in [-0.25, -0.2) is 0 Å². The summed E-state index contributed by atoms with van der Waals surface area (Å²) < 4.78 is 0. The van der Waals surface area contributed by atoms with Gasteiger partial charge in [0.25, 0.3) is 0 Å². The molecule has 0 aromatic heterocycles.